The fourth-order valence-electron chi connectivity index (χ4n) is 3.49. The van der Waals surface area contributed by atoms with Crippen molar-refractivity contribution in [3.63, 3.8) is 0 Å². The van der Waals surface area contributed by atoms with Crippen molar-refractivity contribution in [3.05, 3.63) is 22.0 Å². The summed E-state index contributed by atoms with van der Waals surface area (Å²) in [6.07, 6.45) is 0. The van der Waals surface area contributed by atoms with Gasteiger partial charge in [0.15, 0.2) is 5.82 Å². The van der Waals surface area contributed by atoms with Gasteiger partial charge in [0.2, 0.25) is 0 Å². The molecule has 0 radical (unpaired) electrons. The summed E-state index contributed by atoms with van der Waals surface area (Å²) in [5.74, 6) is 0.181. The molecule has 0 aliphatic carbocycles. The Morgan fingerprint density at radius 3 is 2.83 bits per heavy atom. The molecule has 2 aromatic heterocycles. The van der Waals surface area contributed by atoms with E-state index in [9.17, 15) is 9.18 Å². The maximum absolute atomic E-state index is 14.6. The van der Waals surface area contributed by atoms with E-state index in [1.165, 1.54) is 4.57 Å². The zero-order chi connectivity index (χ0) is 16.3. The second-order valence-corrected chi connectivity index (χ2v) is 6.35. The molecule has 1 atom stereocenters. The molecule has 2 aromatic rings. The molecule has 7 nitrogen and oxygen atoms in total. The molecule has 1 unspecified atom stereocenters. The van der Waals surface area contributed by atoms with Crippen LogP contribution in [-0.2, 0) is 7.05 Å². The Labute approximate surface area is 132 Å². The molecule has 0 saturated carbocycles. The number of nitrogens with one attached hydrogen (secondary N) is 1. The van der Waals surface area contributed by atoms with E-state index in [1.807, 2.05) is 0 Å². The lowest BCUT2D eigenvalue weighted by molar-refractivity contribution is 0.272. The molecule has 1 fully saturated rings. The lowest BCUT2D eigenvalue weighted by Crippen LogP contribution is -2.54. The molecular formula is C15H19FN6O. The van der Waals surface area contributed by atoms with Crippen LogP contribution >= 0.6 is 0 Å². The number of anilines is 2. The number of hydrogen-bond acceptors (Lipinski definition) is 6. The standard InChI is InChI=1S/C15H19FN6O/c1-8-11(16)12-10-13(18-8)21(3)15(23)19-14(10)22-5-4-20(2)7-9(22)6-17-12/h9,17H,4-7H2,1-3H3. The average Bonchev–Trinajstić information content (AvgIpc) is 2.67. The van der Waals surface area contributed by atoms with Crippen LogP contribution in [0, 0.1) is 12.7 Å². The van der Waals surface area contributed by atoms with E-state index in [1.54, 1.807) is 14.0 Å². The van der Waals surface area contributed by atoms with Crippen molar-refractivity contribution in [3.8, 4) is 0 Å². The second-order valence-electron chi connectivity index (χ2n) is 6.35. The van der Waals surface area contributed by atoms with Crippen LogP contribution in [0.5, 0.6) is 0 Å². The van der Waals surface area contributed by atoms with Gasteiger partial charge in [-0.1, -0.05) is 0 Å². The van der Waals surface area contributed by atoms with Crippen LogP contribution in [0.2, 0.25) is 0 Å². The SMILES string of the molecule is Cc1nc2c3c(nc(=O)n2C)N2CCN(C)CC2CNc3c1F. The summed E-state index contributed by atoms with van der Waals surface area (Å²) in [4.78, 5) is 25.1. The van der Waals surface area contributed by atoms with Crippen LogP contribution in [0.15, 0.2) is 4.79 Å². The van der Waals surface area contributed by atoms with Gasteiger partial charge in [-0.2, -0.15) is 4.98 Å². The smallest absolute Gasteiger partial charge is 0.350 e. The van der Waals surface area contributed by atoms with E-state index in [0.29, 0.717) is 29.1 Å². The quantitative estimate of drug-likeness (QED) is 0.755. The van der Waals surface area contributed by atoms with E-state index in [0.717, 1.165) is 19.6 Å². The Hall–Kier alpha value is -2.22. The highest BCUT2D eigenvalue weighted by molar-refractivity contribution is 5.99. The molecule has 0 spiro atoms. The number of nitrogens with zero attached hydrogens (tertiary/aromatic N) is 5. The largest absolute Gasteiger partial charge is 0.380 e. The zero-order valence-corrected chi connectivity index (χ0v) is 13.4. The first-order valence-corrected chi connectivity index (χ1v) is 7.73. The van der Waals surface area contributed by atoms with Crippen LogP contribution in [0.3, 0.4) is 0 Å². The number of piperazine rings is 1. The van der Waals surface area contributed by atoms with Crippen molar-refractivity contribution in [2.45, 2.75) is 13.0 Å². The predicted molar refractivity (Wildman–Crippen MR) is 86.6 cm³/mol. The van der Waals surface area contributed by atoms with E-state index in [2.05, 4.69) is 32.1 Å². The van der Waals surface area contributed by atoms with Crippen molar-refractivity contribution in [1.29, 1.82) is 0 Å². The molecule has 8 heteroatoms. The van der Waals surface area contributed by atoms with E-state index in [4.69, 9.17) is 0 Å². The average molecular weight is 318 g/mol. The highest BCUT2D eigenvalue weighted by Crippen LogP contribution is 2.36. The van der Waals surface area contributed by atoms with Gasteiger partial charge in [0.25, 0.3) is 0 Å². The zero-order valence-electron chi connectivity index (χ0n) is 13.4. The van der Waals surface area contributed by atoms with Crippen LogP contribution in [0.25, 0.3) is 11.0 Å². The molecular weight excluding hydrogens is 299 g/mol. The Balaban J connectivity index is 2.06. The molecule has 2 aliphatic rings. The Morgan fingerprint density at radius 2 is 2.04 bits per heavy atom. The molecule has 0 aromatic carbocycles. The van der Waals surface area contributed by atoms with Gasteiger partial charge >= 0.3 is 5.69 Å². The Kier molecular flexibility index (Phi) is 3.06. The Morgan fingerprint density at radius 1 is 1.26 bits per heavy atom. The van der Waals surface area contributed by atoms with Crippen LogP contribution < -0.4 is 15.9 Å². The fourth-order valence-corrected chi connectivity index (χ4v) is 3.49. The molecule has 1 saturated heterocycles. The van der Waals surface area contributed by atoms with Gasteiger partial charge in [0.1, 0.15) is 11.5 Å². The molecule has 2 aliphatic heterocycles. The molecule has 4 rings (SSSR count). The number of halogens is 1. The highest BCUT2D eigenvalue weighted by Gasteiger charge is 2.33. The van der Waals surface area contributed by atoms with Crippen LogP contribution in [0.4, 0.5) is 15.9 Å². The highest BCUT2D eigenvalue weighted by atomic mass is 19.1. The third kappa shape index (κ3) is 2.01. The molecule has 0 bridgehead atoms. The van der Waals surface area contributed by atoms with Crippen molar-refractivity contribution in [2.24, 2.45) is 7.05 Å². The minimum absolute atomic E-state index is 0.142. The van der Waals surface area contributed by atoms with Crippen molar-refractivity contribution < 1.29 is 4.39 Å². The van der Waals surface area contributed by atoms with Crippen molar-refractivity contribution in [2.75, 3.05) is 43.4 Å². The summed E-state index contributed by atoms with van der Waals surface area (Å²) >= 11 is 0. The van der Waals surface area contributed by atoms with Gasteiger partial charge in [0.05, 0.1) is 22.8 Å². The second kappa shape index (κ2) is 4.89. The minimum Gasteiger partial charge on any atom is -0.380 e. The maximum atomic E-state index is 14.6. The van der Waals surface area contributed by atoms with Gasteiger partial charge in [0, 0.05) is 33.2 Å². The normalized spacial score (nSPS) is 21.0. The monoisotopic (exact) mass is 318 g/mol. The molecule has 1 N–H and O–H groups in total. The number of hydrogen-bond donors (Lipinski definition) is 1. The summed E-state index contributed by atoms with van der Waals surface area (Å²) in [6, 6.07) is 0.142. The number of likely N-dealkylation sites (N-methyl/N-ethyl adjacent to an activating group) is 1. The van der Waals surface area contributed by atoms with E-state index < -0.39 is 0 Å². The molecule has 4 heterocycles. The summed E-state index contributed by atoms with van der Waals surface area (Å²) in [5.41, 5.74) is 0.796. The topological polar surface area (TPSA) is 66.3 Å². The number of aromatic nitrogens is 3. The van der Waals surface area contributed by atoms with Gasteiger partial charge in [-0.3, -0.25) is 4.57 Å². The third-order valence-electron chi connectivity index (χ3n) is 4.79. The van der Waals surface area contributed by atoms with Crippen LogP contribution in [0.1, 0.15) is 5.69 Å². The first-order valence-electron chi connectivity index (χ1n) is 7.73. The van der Waals surface area contributed by atoms with Gasteiger partial charge < -0.3 is 15.1 Å². The minimum atomic E-state index is -0.368. The first-order chi connectivity index (χ1) is 11.0. The lowest BCUT2D eigenvalue weighted by atomic mass is 10.1. The fraction of sp³-hybridized carbons (Fsp3) is 0.533. The summed E-state index contributed by atoms with van der Waals surface area (Å²) in [6.45, 7) is 4.70. The van der Waals surface area contributed by atoms with Crippen LogP contribution in [-0.4, -0.2) is 58.7 Å². The number of aryl methyl sites for hydroxylation is 2. The Bertz CT molecular complexity index is 863. The van der Waals surface area contributed by atoms with Gasteiger partial charge in [-0.05, 0) is 14.0 Å². The maximum Gasteiger partial charge on any atom is 0.350 e. The van der Waals surface area contributed by atoms with Crippen molar-refractivity contribution >= 4 is 22.5 Å². The number of fused-ring (bicyclic) bond motifs is 2. The van der Waals surface area contributed by atoms with Gasteiger partial charge in [-0.15, -0.1) is 0 Å². The molecule has 23 heavy (non-hydrogen) atoms. The molecule has 122 valence electrons. The first kappa shape index (κ1) is 14.4. The van der Waals surface area contributed by atoms with E-state index in [-0.39, 0.29) is 23.2 Å². The van der Waals surface area contributed by atoms with E-state index >= 15 is 0 Å². The number of rotatable bonds is 0. The summed E-state index contributed by atoms with van der Waals surface area (Å²) < 4.78 is 16.0. The predicted octanol–water partition coefficient (Wildman–Crippen LogP) is 0.322. The lowest BCUT2D eigenvalue weighted by Gasteiger charge is -2.39. The van der Waals surface area contributed by atoms with Crippen molar-refractivity contribution in [1.82, 2.24) is 19.4 Å². The van der Waals surface area contributed by atoms with Gasteiger partial charge in [-0.25, -0.2) is 14.2 Å². The summed E-state index contributed by atoms with van der Waals surface area (Å²) in [5, 5.41) is 3.83. The molecule has 0 amide bonds. The third-order valence-corrected chi connectivity index (χ3v) is 4.79. The number of pyridine rings is 1. The summed E-state index contributed by atoms with van der Waals surface area (Å²) in [7, 11) is 3.68.